The fourth-order valence-corrected chi connectivity index (χ4v) is 5.34. The second-order valence-corrected chi connectivity index (χ2v) is 11.6. The van der Waals surface area contributed by atoms with Crippen LogP contribution in [0.3, 0.4) is 0 Å². The summed E-state index contributed by atoms with van der Waals surface area (Å²) in [5.74, 6) is -0.881. The van der Waals surface area contributed by atoms with Gasteiger partial charge in [0.15, 0.2) is 0 Å². The summed E-state index contributed by atoms with van der Waals surface area (Å²) >= 11 is 0. The van der Waals surface area contributed by atoms with E-state index >= 15 is 0 Å². The van der Waals surface area contributed by atoms with Crippen LogP contribution >= 0.6 is 0 Å². The minimum Gasteiger partial charge on any atom is -0.508 e. The van der Waals surface area contributed by atoms with Gasteiger partial charge in [-0.1, -0.05) is 54.6 Å². The molecule has 0 radical (unpaired) electrons. The van der Waals surface area contributed by atoms with E-state index in [0.29, 0.717) is 0 Å². The van der Waals surface area contributed by atoms with Crippen LogP contribution in [0.25, 0.3) is 0 Å². The van der Waals surface area contributed by atoms with Crippen molar-refractivity contribution < 1.29 is 39.5 Å². The SMILES string of the molecule is CC(COC(=O)c1cccc(C(=O)OCC(C)(c2ccc(O)cc2)c2ccc(O)cc2)c1)(c1ccc(O)cc1)c1ccc(O)cc1. The largest absolute Gasteiger partial charge is 0.508 e. The summed E-state index contributed by atoms with van der Waals surface area (Å²) < 4.78 is 11.6. The molecule has 0 bridgehead atoms. The molecule has 4 N–H and O–H groups in total. The molecular weight excluding hydrogens is 584 g/mol. The van der Waals surface area contributed by atoms with Crippen molar-refractivity contribution in [3.8, 4) is 23.0 Å². The number of benzene rings is 5. The number of ether oxygens (including phenoxy) is 2. The third-order valence-corrected chi connectivity index (χ3v) is 8.34. The first-order valence-corrected chi connectivity index (χ1v) is 14.6. The van der Waals surface area contributed by atoms with E-state index in [0.717, 1.165) is 22.3 Å². The fraction of sp³-hybridized carbons (Fsp3) is 0.158. The van der Waals surface area contributed by atoms with Crippen molar-refractivity contribution in [3.05, 3.63) is 155 Å². The molecule has 0 aromatic heterocycles. The maximum Gasteiger partial charge on any atom is 0.338 e. The molecule has 0 saturated carbocycles. The molecule has 0 atom stereocenters. The number of phenolic OH excluding ortho intramolecular Hbond substituents is 4. The lowest BCUT2D eigenvalue weighted by atomic mass is 9.77. The molecule has 46 heavy (non-hydrogen) atoms. The van der Waals surface area contributed by atoms with Gasteiger partial charge in [0.2, 0.25) is 0 Å². The van der Waals surface area contributed by atoms with Crippen LogP contribution in [0.2, 0.25) is 0 Å². The second kappa shape index (κ2) is 13.1. The molecule has 0 aliphatic heterocycles. The lowest BCUT2D eigenvalue weighted by Gasteiger charge is -2.31. The first kappa shape index (κ1) is 31.7. The second-order valence-electron chi connectivity index (χ2n) is 11.6. The zero-order valence-electron chi connectivity index (χ0n) is 25.4. The van der Waals surface area contributed by atoms with Crippen molar-refractivity contribution in [2.75, 3.05) is 13.2 Å². The Morgan fingerprint density at radius 1 is 0.478 bits per heavy atom. The molecule has 5 aromatic rings. The summed E-state index contributed by atoms with van der Waals surface area (Å²) in [6, 6.07) is 32.5. The molecule has 0 aliphatic rings. The zero-order valence-corrected chi connectivity index (χ0v) is 25.4. The highest BCUT2D eigenvalue weighted by Crippen LogP contribution is 2.36. The lowest BCUT2D eigenvalue weighted by molar-refractivity contribution is 0.0439. The first-order valence-electron chi connectivity index (χ1n) is 14.6. The number of esters is 2. The Morgan fingerprint density at radius 2 is 0.739 bits per heavy atom. The van der Waals surface area contributed by atoms with Gasteiger partial charge < -0.3 is 29.9 Å². The molecule has 234 valence electrons. The van der Waals surface area contributed by atoms with Crippen LogP contribution < -0.4 is 0 Å². The summed E-state index contributed by atoms with van der Waals surface area (Å²) in [5, 5.41) is 39.2. The van der Waals surface area contributed by atoms with E-state index in [1.807, 2.05) is 13.8 Å². The molecule has 5 aromatic carbocycles. The Morgan fingerprint density at radius 3 is 1.00 bits per heavy atom. The molecule has 0 aliphatic carbocycles. The van der Waals surface area contributed by atoms with E-state index in [1.54, 1.807) is 115 Å². The van der Waals surface area contributed by atoms with Crippen molar-refractivity contribution in [1.82, 2.24) is 0 Å². The third kappa shape index (κ3) is 6.81. The van der Waals surface area contributed by atoms with Crippen molar-refractivity contribution in [3.63, 3.8) is 0 Å². The highest BCUT2D eigenvalue weighted by molar-refractivity contribution is 5.95. The van der Waals surface area contributed by atoms with Crippen molar-refractivity contribution in [2.45, 2.75) is 24.7 Å². The summed E-state index contributed by atoms with van der Waals surface area (Å²) in [4.78, 5) is 26.6. The Hall–Kier alpha value is -5.76. The first-order chi connectivity index (χ1) is 22.0. The quantitative estimate of drug-likeness (QED) is 0.125. The average Bonchev–Trinajstić information content (AvgIpc) is 3.07. The van der Waals surface area contributed by atoms with Gasteiger partial charge >= 0.3 is 11.9 Å². The van der Waals surface area contributed by atoms with Crippen molar-refractivity contribution >= 4 is 11.9 Å². The van der Waals surface area contributed by atoms with Gasteiger partial charge in [0.05, 0.1) is 22.0 Å². The summed E-state index contributed by atoms with van der Waals surface area (Å²) in [6.45, 7) is 3.67. The topological polar surface area (TPSA) is 134 Å². The number of phenols is 4. The number of hydrogen-bond donors (Lipinski definition) is 4. The van der Waals surface area contributed by atoms with Gasteiger partial charge in [-0.15, -0.1) is 0 Å². The van der Waals surface area contributed by atoms with Gasteiger partial charge in [-0.25, -0.2) is 9.59 Å². The number of carbonyl (C=O) groups excluding carboxylic acids is 2. The van der Waals surface area contributed by atoms with Crippen molar-refractivity contribution in [1.29, 1.82) is 0 Å². The van der Waals surface area contributed by atoms with E-state index in [4.69, 9.17) is 9.47 Å². The Balaban J connectivity index is 1.33. The van der Waals surface area contributed by atoms with E-state index in [1.165, 1.54) is 6.07 Å². The van der Waals surface area contributed by atoms with Gasteiger partial charge in [-0.05, 0) is 103 Å². The smallest absolute Gasteiger partial charge is 0.338 e. The Kier molecular flexibility index (Phi) is 9.00. The van der Waals surface area contributed by atoms with Gasteiger partial charge in [0, 0.05) is 0 Å². The Labute approximate surface area is 266 Å². The predicted molar refractivity (Wildman–Crippen MR) is 172 cm³/mol. The summed E-state index contributed by atoms with van der Waals surface area (Å²) in [7, 11) is 0. The van der Waals surface area contributed by atoms with Crippen LogP contribution in [-0.4, -0.2) is 45.6 Å². The molecule has 0 amide bonds. The minimum absolute atomic E-state index is 0.0618. The van der Waals surface area contributed by atoms with Gasteiger partial charge in [0.25, 0.3) is 0 Å². The lowest BCUT2D eigenvalue weighted by Crippen LogP contribution is -2.31. The summed E-state index contributed by atoms with van der Waals surface area (Å²) in [6.07, 6.45) is 0. The number of rotatable bonds is 10. The van der Waals surface area contributed by atoms with Crippen LogP contribution in [0.1, 0.15) is 56.8 Å². The monoisotopic (exact) mass is 618 g/mol. The van der Waals surface area contributed by atoms with Gasteiger partial charge in [-0.2, -0.15) is 0 Å². The standard InChI is InChI=1S/C38H34O8/c1-37(27-6-14-31(39)15-7-27,28-8-16-32(40)17-9-28)23-45-35(43)25-4-3-5-26(22-25)36(44)46-24-38(2,29-10-18-33(41)19-11-29)30-12-20-34(42)21-13-30/h3-22,39-42H,23-24H2,1-2H3. The minimum atomic E-state index is -0.819. The number of aromatic hydroxyl groups is 4. The fourth-order valence-electron chi connectivity index (χ4n) is 5.34. The zero-order chi connectivity index (χ0) is 32.9. The number of hydrogen-bond acceptors (Lipinski definition) is 8. The van der Waals surface area contributed by atoms with Crippen LogP contribution in [0.5, 0.6) is 23.0 Å². The van der Waals surface area contributed by atoms with E-state index < -0.39 is 22.8 Å². The molecule has 0 heterocycles. The number of carbonyl (C=O) groups is 2. The molecular formula is C38H34O8. The maximum atomic E-state index is 13.3. The predicted octanol–water partition coefficient (Wildman–Crippen LogP) is 6.84. The molecule has 0 saturated heterocycles. The van der Waals surface area contributed by atoms with Gasteiger partial charge in [0.1, 0.15) is 36.2 Å². The van der Waals surface area contributed by atoms with E-state index in [9.17, 15) is 30.0 Å². The van der Waals surface area contributed by atoms with Gasteiger partial charge in [-0.3, -0.25) is 0 Å². The molecule has 0 unspecified atom stereocenters. The van der Waals surface area contributed by atoms with E-state index in [2.05, 4.69) is 0 Å². The summed E-state index contributed by atoms with van der Waals surface area (Å²) in [5.41, 5.74) is 1.82. The highest BCUT2D eigenvalue weighted by atomic mass is 16.5. The Bertz CT molecular complexity index is 1590. The third-order valence-electron chi connectivity index (χ3n) is 8.34. The molecule has 0 spiro atoms. The van der Waals surface area contributed by atoms with E-state index in [-0.39, 0.29) is 47.3 Å². The molecule has 8 heteroatoms. The van der Waals surface area contributed by atoms with Crippen molar-refractivity contribution in [2.24, 2.45) is 0 Å². The molecule has 5 rings (SSSR count). The van der Waals surface area contributed by atoms with Crippen LogP contribution in [0.4, 0.5) is 0 Å². The maximum absolute atomic E-state index is 13.3. The highest BCUT2D eigenvalue weighted by Gasteiger charge is 2.33. The molecule has 0 fully saturated rings. The van der Waals surface area contributed by atoms with Crippen LogP contribution in [0, 0.1) is 0 Å². The molecule has 8 nitrogen and oxygen atoms in total. The average molecular weight is 619 g/mol. The van der Waals surface area contributed by atoms with Crippen LogP contribution in [-0.2, 0) is 20.3 Å². The normalized spacial score (nSPS) is 11.5. The van der Waals surface area contributed by atoms with Crippen LogP contribution in [0.15, 0.2) is 121 Å².